The summed E-state index contributed by atoms with van der Waals surface area (Å²) in [6.45, 7) is 1.33. The average Bonchev–Trinajstić information content (AvgIpc) is 3.16. The fraction of sp³-hybridized carbons (Fsp3) is 0.130. The van der Waals surface area contributed by atoms with Gasteiger partial charge in [-0.05, 0) is 46.9 Å². The normalized spacial score (nSPS) is 13.4. The molecule has 0 fully saturated rings. The molecule has 0 spiro atoms. The first-order valence-electron chi connectivity index (χ1n) is 9.42. The molecule has 0 radical (unpaired) electrons. The topological polar surface area (TPSA) is 61.0 Å². The van der Waals surface area contributed by atoms with Crippen molar-refractivity contribution in [3.05, 3.63) is 84.3 Å². The lowest BCUT2D eigenvalue weighted by Crippen LogP contribution is -2.38. The minimum Gasteiger partial charge on any atom is -0.359 e. The standard InChI is InChI=1S/C23H20N4O/c28-23(26-22-14-25-21-4-2-1-3-20(21)22)27-12-9-18-13-17(5-6-19(18)15-27)16-7-10-24-11-8-16/h1-8,10-11,13-14,25H,9,12,15H2,(H,26,28). The minimum atomic E-state index is -0.0615. The fourth-order valence-electron chi connectivity index (χ4n) is 3.82. The number of fused-ring (bicyclic) bond motifs is 2. The number of urea groups is 1. The molecule has 5 rings (SSSR count). The van der Waals surface area contributed by atoms with Gasteiger partial charge in [-0.25, -0.2) is 4.79 Å². The van der Waals surface area contributed by atoms with Crippen molar-refractivity contribution >= 4 is 22.6 Å². The van der Waals surface area contributed by atoms with Gasteiger partial charge in [-0.15, -0.1) is 0 Å². The van der Waals surface area contributed by atoms with Crippen LogP contribution in [0.3, 0.4) is 0 Å². The summed E-state index contributed by atoms with van der Waals surface area (Å²) in [6.07, 6.45) is 6.33. The number of carbonyl (C=O) groups excluding carboxylic acids is 1. The number of nitrogens with one attached hydrogen (secondary N) is 2. The molecule has 0 saturated carbocycles. The maximum absolute atomic E-state index is 12.8. The average molecular weight is 368 g/mol. The highest BCUT2D eigenvalue weighted by molar-refractivity contribution is 6.01. The lowest BCUT2D eigenvalue weighted by Gasteiger charge is -2.29. The van der Waals surface area contributed by atoms with E-state index in [2.05, 4.69) is 33.5 Å². The van der Waals surface area contributed by atoms with Crippen LogP contribution in [0.25, 0.3) is 22.0 Å². The van der Waals surface area contributed by atoms with E-state index in [0.717, 1.165) is 28.6 Å². The molecule has 2 aromatic carbocycles. The first-order valence-corrected chi connectivity index (χ1v) is 9.42. The zero-order valence-electron chi connectivity index (χ0n) is 15.4. The van der Waals surface area contributed by atoms with Crippen molar-refractivity contribution in [1.82, 2.24) is 14.9 Å². The van der Waals surface area contributed by atoms with Crippen molar-refractivity contribution in [1.29, 1.82) is 0 Å². The zero-order chi connectivity index (χ0) is 18.9. The second-order valence-electron chi connectivity index (χ2n) is 7.07. The van der Waals surface area contributed by atoms with Gasteiger partial charge in [0.15, 0.2) is 0 Å². The summed E-state index contributed by atoms with van der Waals surface area (Å²) in [5.41, 5.74) is 6.71. The molecule has 2 amide bonds. The molecule has 0 bridgehead atoms. The van der Waals surface area contributed by atoms with Gasteiger partial charge in [-0.2, -0.15) is 0 Å². The first-order chi connectivity index (χ1) is 13.8. The van der Waals surface area contributed by atoms with Crippen molar-refractivity contribution in [3.8, 4) is 11.1 Å². The molecular formula is C23H20N4O. The highest BCUT2D eigenvalue weighted by Crippen LogP contribution is 2.27. The second-order valence-corrected chi connectivity index (χ2v) is 7.07. The molecular weight excluding hydrogens is 348 g/mol. The van der Waals surface area contributed by atoms with E-state index in [4.69, 9.17) is 0 Å². The Balaban J connectivity index is 1.33. The van der Waals surface area contributed by atoms with Gasteiger partial charge in [0.25, 0.3) is 0 Å². The van der Waals surface area contributed by atoms with Crippen LogP contribution in [0.1, 0.15) is 11.1 Å². The predicted molar refractivity (Wildman–Crippen MR) is 111 cm³/mol. The van der Waals surface area contributed by atoms with Gasteiger partial charge in [-0.1, -0.05) is 36.4 Å². The Hall–Kier alpha value is -3.60. The summed E-state index contributed by atoms with van der Waals surface area (Å²) < 4.78 is 0. The minimum absolute atomic E-state index is 0.0615. The Morgan fingerprint density at radius 2 is 1.86 bits per heavy atom. The van der Waals surface area contributed by atoms with E-state index in [0.29, 0.717) is 13.1 Å². The lowest BCUT2D eigenvalue weighted by molar-refractivity contribution is 0.206. The molecule has 4 aromatic rings. The number of amides is 2. The molecule has 0 unspecified atom stereocenters. The molecule has 28 heavy (non-hydrogen) atoms. The monoisotopic (exact) mass is 368 g/mol. The van der Waals surface area contributed by atoms with E-state index < -0.39 is 0 Å². The van der Waals surface area contributed by atoms with E-state index in [9.17, 15) is 4.79 Å². The number of hydrogen-bond donors (Lipinski definition) is 2. The largest absolute Gasteiger partial charge is 0.359 e. The third kappa shape index (κ3) is 3.01. The molecule has 3 heterocycles. The predicted octanol–water partition coefficient (Wildman–Crippen LogP) is 4.82. The molecule has 0 atom stereocenters. The SMILES string of the molecule is O=C(Nc1c[nH]c2ccccc12)N1CCc2cc(-c3ccncc3)ccc2C1. The van der Waals surface area contributed by atoms with Gasteiger partial charge < -0.3 is 15.2 Å². The number of benzene rings is 2. The number of pyridine rings is 1. The maximum Gasteiger partial charge on any atom is 0.322 e. The Morgan fingerprint density at radius 1 is 1.00 bits per heavy atom. The number of anilines is 1. The Labute approximate surface area is 163 Å². The number of hydrogen-bond acceptors (Lipinski definition) is 2. The third-order valence-corrected chi connectivity index (χ3v) is 5.35. The van der Waals surface area contributed by atoms with Gasteiger partial charge in [0.2, 0.25) is 0 Å². The summed E-state index contributed by atoms with van der Waals surface area (Å²) in [5, 5.41) is 4.07. The van der Waals surface area contributed by atoms with Crippen LogP contribution in [0.5, 0.6) is 0 Å². The maximum atomic E-state index is 12.8. The second kappa shape index (κ2) is 6.85. The highest BCUT2D eigenvalue weighted by atomic mass is 16.2. The summed E-state index contributed by atoms with van der Waals surface area (Å²) in [5.74, 6) is 0. The smallest absolute Gasteiger partial charge is 0.322 e. The van der Waals surface area contributed by atoms with Crippen LogP contribution >= 0.6 is 0 Å². The van der Waals surface area contributed by atoms with E-state index in [1.807, 2.05) is 59.9 Å². The van der Waals surface area contributed by atoms with Crippen molar-refractivity contribution < 1.29 is 4.79 Å². The summed E-state index contributed by atoms with van der Waals surface area (Å²) in [4.78, 5) is 22.0. The molecule has 1 aliphatic rings. The fourth-order valence-corrected chi connectivity index (χ4v) is 3.82. The van der Waals surface area contributed by atoms with Gasteiger partial charge in [0.1, 0.15) is 0 Å². The van der Waals surface area contributed by atoms with Crippen LogP contribution < -0.4 is 5.32 Å². The molecule has 2 aromatic heterocycles. The number of H-pyrrole nitrogens is 1. The number of rotatable bonds is 2. The van der Waals surface area contributed by atoms with E-state index in [1.54, 1.807) is 0 Å². The number of carbonyl (C=O) groups is 1. The number of nitrogens with zero attached hydrogens (tertiary/aromatic N) is 2. The van der Waals surface area contributed by atoms with Crippen molar-refractivity contribution in [3.63, 3.8) is 0 Å². The van der Waals surface area contributed by atoms with Gasteiger partial charge >= 0.3 is 6.03 Å². The zero-order valence-corrected chi connectivity index (χ0v) is 15.4. The molecule has 5 heteroatoms. The van der Waals surface area contributed by atoms with Gasteiger partial charge in [0.05, 0.1) is 5.69 Å². The van der Waals surface area contributed by atoms with Gasteiger partial charge in [0, 0.05) is 42.6 Å². The Kier molecular flexibility index (Phi) is 4.05. The third-order valence-electron chi connectivity index (χ3n) is 5.35. The first kappa shape index (κ1) is 16.6. The van der Waals surface area contributed by atoms with Crippen LogP contribution in [-0.4, -0.2) is 27.4 Å². The lowest BCUT2D eigenvalue weighted by atomic mass is 9.95. The molecule has 0 saturated heterocycles. The number of para-hydroxylation sites is 1. The quantitative estimate of drug-likeness (QED) is 0.533. The van der Waals surface area contributed by atoms with E-state index in [1.165, 1.54) is 16.7 Å². The summed E-state index contributed by atoms with van der Waals surface area (Å²) >= 11 is 0. The van der Waals surface area contributed by atoms with Crippen molar-refractivity contribution in [2.24, 2.45) is 0 Å². The Bertz CT molecular complexity index is 1150. The summed E-state index contributed by atoms with van der Waals surface area (Å²) in [6, 6.07) is 18.4. The highest BCUT2D eigenvalue weighted by Gasteiger charge is 2.21. The molecule has 138 valence electrons. The van der Waals surface area contributed by atoms with E-state index >= 15 is 0 Å². The van der Waals surface area contributed by atoms with Crippen molar-refractivity contribution in [2.45, 2.75) is 13.0 Å². The Morgan fingerprint density at radius 3 is 2.75 bits per heavy atom. The van der Waals surface area contributed by atoms with E-state index in [-0.39, 0.29) is 6.03 Å². The van der Waals surface area contributed by atoms with Crippen LogP contribution in [0.15, 0.2) is 73.2 Å². The molecule has 1 aliphatic heterocycles. The van der Waals surface area contributed by atoms with Crippen LogP contribution in [-0.2, 0) is 13.0 Å². The van der Waals surface area contributed by atoms with Crippen LogP contribution in [0, 0.1) is 0 Å². The van der Waals surface area contributed by atoms with Crippen LogP contribution in [0.4, 0.5) is 10.5 Å². The number of aromatic nitrogens is 2. The summed E-state index contributed by atoms with van der Waals surface area (Å²) in [7, 11) is 0. The van der Waals surface area contributed by atoms with Gasteiger partial charge in [-0.3, -0.25) is 4.98 Å². The van der Waals surface area contributed by atoms with Crippen molar-refractivity contribution in [2.75, 3.05) is 11.9 Å². The molecule has 2 N–H and O–H groups in total. The molecule has 0 aliphatic carbocycles. The number of aromatic amines is 1. The molecule has 5 nitrogen and oxygen atoms in total. The van der Waals surface area contributed by atoms with Crippen LogP contribution in [0.2, 0.25) is 0 Å².